The summed E-state index contributed by atoms with van der Waals surface area (Å²) in [5, 5.41) is 0. The fourth-order valence-corrected chi connectivity index (χ4v) is 0.450. The van der Waals surface area contributed by atoms with Crippen LogP contribution in [0.4, 0.5) is 0 Å². The smallest absolute Gasteiger partial charge is 0.0644 e. The number of hydrogen-bond acceptors (Lipinski definition) is 2. The molecule has 0 amide bonds. The third kappa shape index (κ3) is 4.43. The molecule has 2 heteroatoms. The summed E-state index contributed by atoms with van der Waals surface area (Å²) >= 11 is 0. The van der Waals surface area contributed by atoms with Crippen LogP contribution in [0.5, 0.6) is 0 Å². The first-order valence-electron chi connectivity index (χ1n) is 3.16. The van der Waals surface area contributed by atoms with Crippen molar-refractivity contribution in [2.75, 3.05) is 20.8 Å². The van der Waals surface area contributed by atoms with Gasteiger partial charge < -0.3 is 9.47 Å². The normalized spacial score (nSPS) is 12.0. The average molecular weight is 132 g/mol. The Bertz CT molecular complexity index is 69.3. The second-order valence-electron chi connectivity index (χ2n) is 2.71. The van der Waals surface area contributed by atoms with Crippen molar-refractivity contribution >= 4 is 0 Å². The van der Waals surface area contributed by atoms with Crippen LogP contribution in [-0.2, 0) is 9.47 Å². The first-order valence-corrected chi connectivity index (χ1v) is 3.16. The van der Waals surface area contributed by atoms with E-state index in [0.29, 0.717) is 0 Å². The largest absolute Gasteiger partial charge is 0.385 e. The lowest BCUT2D eigenvalue weighted by Crippen LogP contribution is -2.23. The highest BCUT2D eigenvalue weighted by Gasteiger charge is 2.14. The van der Waals surface area contributed by atoms with Gasteiger partial charge in [0.1, 0.15) is 0 Å². The Morgan fingerprint density at radius 1 is 1.22 bits per heavy atom. The molecule has 0 saturated carbocycles. The van der Waals surface area contributed by atoms with Crippen molar-refractivity contribution < 1.29 is 9.47 Å². The van der Waals surface area contributed by atoms with Gasteiger partial charge >= 0.3 is 0 Å². The molecule has 0 aliphatic rings. The maximum absolute atomic E-state index is 5.16. The Balaban J connectivity index is 3.33. The van der Waals surface area contributed by atoms with E-state index in [-0.39, 0.29) is 5.60 Å². The van der Waals surface area contributed by atoms with Crippen LogP contribution in [-0.4, -0.2) is 26.4 Å². The van der Waals surface area contributed by atoms with Crippen LogP contribution in [0.15, 0.2) is 0 Å². The summed E-state index contributed by atoms with van der Waals surface area (Å²) in [4.78, 5) is 0. The van der Waals surface area contributed by atoms with Gasteiger partial charge in [-0.2, -0.15) is 0 Å². The van der Waals surface area contributed by atoms with Gasteiger partial charge in [-0.15, -0.1) is 0 Å². The Morgan fingerprint density at radius 2 is 1.78 bits per heavy atom. The Hall–Kier alpha value is -0.0800. The van der Waals surface area contributed by atoms with E-state index in [1.165, 1.54) is 0 Å². The van der Waals surface area contributed by atoms with E-state index in [2.05, 4.69) is 0 Å². The summed E-state index contributed by atoms with van der Waals surface area (Å²) in [6, 6.07) is 0. The molecule has 56 valence electrons. The summed E-state index contributed by atoms with van der Waals surface area (Å²) in [5.41, 5.74) is -0.0317. The molecule has 0 aliphatic heterocycles. The van der Waals surface area contributed by atoms with Crippen molar-refractivity contribution in [2.24, 2.45) is 0 Å². The second-order valence-corrected chi connectivity index (χ2v) is 2.71. The maximum Gasteiger partial charge on any atom is 0.0644 e. The van der Waals surface area contributed by atoms with Gasteiger partial charge in [-0.1, -0.05) is 0 Å². The standard InChI is InChI=1S/C7H16O2/c1-7(2,9-4)5-6-8-3/h5-6H2,1-4H3. The average Bonchev–Trinajstić information content (AvgIpc) is 1.84. The van der Waals surface area contributed by atoms with Crippen molar-refractivity contribution in [3.8, 4) is 0 Å². The van der Waals surface area contributed by atoms with Gasteiger partial charge in [0.25, 0.3) is 0 Å². The van der Waals surface area contributed by atoms with Crippen molar-refractivity contribution in [1.29, 1.82) is 0 Å². The predicted octanol–water partition coefficient (Wildman–Crippen LogP) is 1.45. The van der Waals surface area contributed by atoms with Gasteiger partial charge in [-0.25, -0.2) is 0 Å². The second kappa shape index (κ2) is 3.85. The zero-order valence-electron chi connectivity index (χ0n) is 6.73. The maximum atomic E-state index is 5.16. The first-order chi connectivity index (χ1) is 4.12. The minimum absolute atomic E-state index is 0.0317. The molecule has 0 saturated heterocycles. The number of hydrogen-bond donors (Lipinski definition) is 0. The van der Waals surface area contributed by atoms with E-state index in [9.17, 15) is 0 Å². The van der Waals surface area contributed by atoms with Crippen LogP contribution in [0, 0.1) is 0 Å². The Morgan fingerprint density at radius 3 is 2.11 bits per heavy atom. The molecule has 0 aromatic rings. The van der Waals surface area contributed by atoms with Crippen LogP contribution in [0.25, 0.3) is 0 Å². The highest BCUT2D eigenvalue weighted by atomic mass is 16.5. The molecule has 0 heterocycles. The van der Waals surface area contributed by atoms with Crippen molar-refractivity contribution in [3.63, 3.8) is 0 Å². The lowest BCUT2D eigenvalue weighted by atomic mass is 10.1. The number of ether oxygens (including phenoxy) is 2. The number of rotatable bonds is 4. The zero-order valence-corrected chi connectivity index (χ0v) is 6.73. The number of methoxy groups -OCH3 is 2. The molecule has 9 heavy (non-hydrogen) atoms. The quantitative estimate of drug-likeness (QED) is 0.576. The molecule has 0 atom stereocenters. The van der Waals surface area contributed by atoms with Crippen LogP contribution in [0.2, 0.25) is 0 Å². The van der Waals surface area contributed by atoms with Crippen molar-refractivity contribution in [1.82, 2.24) is 0 Å². The van der Waals surface area contributed by atoms with E-state index in [1.54, 1.807) is 14.2 Å². The minimum Gasteiger partial charge on any atom is -0.385 e. The summed E-state index contributed by atoms with van der Waals surface area (Å²) in [6.07, 6.45) is 0.944. The highest BCUT2D eigenvalue weighted by Crippen LogP contribution is 2.11. The molecule has 0 bridgehead atoms. The van der Waals surface area contributed by atoms with Gasteiger partial charge in [-0.3, -0.25) is 0 Å². The molecule has 0 rings (SSSR count). The van der Waals surface area contributed by atoms with Gasteiger partial charge in [-0.05, 0) is 20.3 Å². The van der Waals surface area contributed by atoms with Crippen molar-refractivity contribution in [3.05, 3.63) is 0 Å². The van der Waals surface area contributed by atoms with Crippen LogP contribution >= 0.6 is 0 Å². The molecular weight excluding hydrogens is 116 g/mol. The monoisotopic (exact) mass is 132 g/mol. The molecule has 0 aromatic carbocycles. The highest BCUT2D eigenvalue weighted by molar-refractivity contribution is 4.66. The molecular formula is C7H16O2. The SMILES string of the molecule is COCCC(C)(C)OC. The third-order valence-electron chi connectivity index (χ3n) is 1.46. The summed E-state index contributed by atoms with van der Waals surface area (Å²) in [5.74, 6) is 0. The van der Waals surface area contributed by atoms with E-state index in [1.807, 2.05) is 13.8 Å². The molecule has 2 nitrogen and oxygen atoms in total. The zero-order chi connectivity index (χ0) is 7.33. The minimum atomic E-state index is -0.0317. The third-order valence-corrected chi connectivity index (χ3v) is 1.46. The molecule has 0 spiro atoms. The Labute approximate surface area is 57.2 Å². The molecule has 0 fully saturated rings. The van der Waals surface area contributed by atoms with Crippen LogP contribution in [0.3, 0.4) is 0 Å². The lowest BCUT2D eigenvalue weighted by Gasteiger charge is -2.21. The van der Waals surface area contributed by atoms with Gasteiger partial charge in [0.2, 0.25) is 0 Å². The summed E-state index contributed by atoms with van der Waals surface area (Å²) in [6.45, 7) is 4.86. The fourth-order valence-electron chi connectivity index (χ4n) is 0.450. The topological polar surface area (TPSA) is 18.5 Å². The fraction of sp³-hybridized carbons (Fsp3) is 1.00. The molecule has 0 radical (unpaired) electrons. The van der Waals surface area contributed by atoms with Gasteiger partial charge in [0.15, 0.2) is 0 Å². The lowest BCUT2D eigenvalue weighted by molar-refractivity contribution is -0.00297. The van der Waals surface area contributed by atoms with E-state index in [0.717, 1.165) is 13.0 Å². The van der Waals surface area contributed by atoms with E-state index in [4.69, 9.17) is 9.47 Å². The summed E-state index contributed by atoms with van der Waals surface area (Å²) < 4.78 is 10.1. The molecule has 0 aromatic heterocycles. The van der Waals surface area contributed by atoms with E-state index >= 15 is 0 Å². The Kier molecular flexibility index (Phi) is 3.82. The predicted molar refractivity (Wildman–Crippen MR) is 37.6 cm³/mol. The molecule has 0 unspecified atom stereocenters. The molecule has 0 aliphatic carbocycles. The van der Waals surface area contributed by atoms with Gasteiger partial charge in [0, 0.05) is 20.8 Å². The van der Waals surface area contributed by atoms with Crippen LogP contribution in [0.1, 0.15) is 20.3 Å². The van der Waals surface area contributed by atoms with Crippen LogP contribution < -0.4 is 0 Å². The van der Waals surface area contributed by atoms with Gasteiger partial charge in [0.05, 0.1) is 5.60 Å². The molecule has 0 N–H and O–H groups in total. The van der Waals surface area contributed by atoms with Crippen molar-refractivity contribution in [2.45, 2.75) is 25.9 Å². The first kappa shape index (κ1) is 8.92. The van der Waals surface area contributed by atoms with E-state index < -0.39 is 0 Å². The summed E-state index contributed by atoms with van der Waals surface area (Å²) in [7, 11) is 3.42.